The first-order valence-corrected chi connectivity index (χ1v) is 13.4. The van der Waals surface area contributed by atoms with Crippen molar-refractivity contribution in [3.63, 3.8) is 0 Å². The lowest BCUT2D eigenvalue weighted by Crippen LogP contribution is -2.48. The van der Waals surface area contributed by atoms with Crippen LogP contribution >= 0.6 is 23.4 Å². The van der Waals surface area contributed by atoms with Crippen LogP contribution < -0.4 is 9.64 Å². The van der Waals surface area contributed by atoms with Gasteiger partial charge in [0.15, 0.2) is 0 Å². The second kappa shape index (κ2) is 11.3. The van der Waals surface area contributed by atoms with Crippen molar-refractivity contribution in [2.24, 2.45) is 0 Å². The fourth-order valence-corrected chi connectivity index (χ4v) is 5.54. The molecule has 2 fully saturated rings. The van der Waals surface area contributed by atoms with Gasteiger partial charge < -0.3 is 14.5 Å². The van der Waals surface area contributed by atoms with Crippen molar-refractivity contribution in [3.05, 3.63) is 99.4 Å². The molecule has 38 heavy (non-hydrogen) atoms. The number of halogens is 1. The number of amides is 3. The summed E-state index contributed by atoms with van der Waals surface area (Å²) in [5.74, 6) is 0.449. The molecule has 9 heteroatoms. The van der Waals surface area contributed by atoms with Crippen LogP contribution in [0.2, 0.25) is 5.02 Å². The van der Waals surface area contributed by atoms with Gasteiger partial charge in [0.05, 0.1) is 18.6 Å². The quantitative estimate of drug-likeness (QED) is 0.377. The molecule has 2 aliphatic heterocycles. The average Bonchev–Trinajstić information content (AvgIpc) is 3.20. The average molecular weight is 548 g/mol. The predicted molar refractivity (Wildman–Crippen MR) is 151 cm³/mol. The van der Waals surface area contributed by atoms with Gasteiger partial charge in [0.25, 0.3) is 17.1 Å². The molecule has 3 amide bonds. The second-order valence-corrected chi connectivity index (χ2v) is 10.4. The van der Waals surface area contributed by atoms with Gasteiger partial charge in [-0.3, -0.25) is 19.3 Å². The minimum atomic E-state index is -0.339. The van der Waals surface area contributed by atoms with Gasteiger partial charge in [-0.15, -0.1) is 0 Å². The number of hydrogen-bond acceptors (Lipinski definition) is 6. The van der Waals surface area contributed by atoms with E-state index in [0.717, 1.165) is 47.4 Å². The summed E-state index contributed by atoms with van der Waals surface area (Å²) in [6.07, 6.45) is 1.68. The smallest absolute Gasteiger partial charge is 0.293 e. The Kier molecular flexibility index (Phi) is 7.72. The Balaban J connectivity index is 1.20. The summed E-state index contributed by atoms with van der Waals surface area (Å²) in [4.78, 5) is 44.1. The van der Waals surface area contributed by atoms with E-state index in [9.17, 15) is 14.4 Å². The number of benzene rings is 3. The number of thioether (sulfide) groups is 1. The Hall–Kier alpha value is -3.75. The zero-order valence-electron chi connectivity index (χ0n) is 20.8. The van der Waals surface area contributed by atoms with Crippen LogP contribution in [0.25, 0.3) is 6.08 Å². The maximum atomic E-state index is 13.1. The van der Waals surface area contributed by atoms with E-state index in [-0.39, 0.29) is 23.6 Å². The van der Waals surface area contributed by atoms with E-state index in [4.69, 9.17) is 16.3 Å². The van der Waals surface area contributed by atoms with Crippen LogP contribution in [-0.2, 0) is 11.3 Å². The summed E-state index contributed by atoms with van der Waals surface area (Å²) in [6.45, 7) is 2.89. The van der Waals surface area contributed by atoms with Crippen LogP contribution in [0.4, 0.5) is 10.5 Å². The molecular formula is C29H26ClN3O4S. The minimum Gasteiger partial charge on any atom is -0.497 e. The maximum Gasteiger partial charge on any atom is 0.293 e. The van der Waals surface area contributed by atoms with Gasteiger partial charge in [0.2, 0.25) is 0 Å². The molecule has 194 valence electrons. The van der Waals surface area contributed by atoms with Crippen LogP contribution in [0, 0.1) is 0 Å². The normalized spacial score (nSPS) is 16.9. The molecule has 2 heterocycles. The second-order valence-electron chi connectivity index (χ2n) is 9.00. The van der Waals surface area contributed by atoms with Crippen LogP contribution in [-0.4, -0.2) is 60.1 Å². The molecule has 0 saturated carbocycles. The molecule has 2 saturated heterocycles. The molecule has 0 aromatic heterocycles. The molecule has 0 aliphatic carbocycles. The van der Waals surface area contributed by atoms with Crippen molar-refractivity contribution < 1.29 is 19.1 Å². The number of piperazine rings is 1. The van der Waals surface area contributed by atoms with Gasteiger partial charge >= 0.3 is 0 Å². The monoisotopic (exact) mass is 547 g/mol. The molecule has 3 aromatic carbocycles. The number of anilines is 1. The number of rotatable bonds is 6. The standard InChI is InChI=1S/C29H26ClN3O4S/c1-37-25-7-3-6-24(18-25)31-12-14-32(15-13-31)27(34)22-10-8-20(9-11-22)17-26-28(35)33(29(36)38-26)19-21-4-2-5-23(30)16-21/h2-11,16-18H,12-15,19H2,1H3/b26-17-. The zero-order chi connectivity index (χ0) is 26.6. The Morgan fingerprint density at radius 3 is 2.42 bits per heavy atom. The fraction of sp³-hybridized carbons (Fsp3) is 0.207. The maximum absolute atomic E-state index is 13.1. The predicted octanol–water partition coefficient (Wildman–Crippen LogP) is 5.55. The first-order valence-electron chi connectivity index (χ1n) is 12.2. The third-order valence-corrected chi connectivity index (χ3v) is 7.69. The Morgan fingerprint density at radius 2 is 1.71 bits per heavy atom. The van der Waals surface area contributed by atoms with E-state index in [1.54, 1.807) is 55.7 Å². The number of imide groups is 1. The lowest BCUT2D eigenvalue weighted by Gasteiger charge is -2.36. The van der Waals surface area contributed by atoms with Gasteiger partial charge in [0.1, 0.15) is 5.75 Å². The molecule has 3 aromatic rings. The van der Waals surface area contributed by atoms with Gasteiger partial charge in [0, 0.05) is 48.5 Å². The largest absolute Gasteiger partial charge is 0.497 e. The molecule has 5 rings (SSSR count). The van der Waals surface area contributed by atoms with E-state index >= 15 is 0 Å². The van der Waals surface area contributed by atoms with E-state index in [1.165, 1.54) is 4.90 Å². The molecule has 0 bridgehead atoms. The summed E-state index contributed by atoms with van der Waals surface area (Å²) in [7, 11) is 1.65. The number of methoxy groups -OCH3 is 1. The summed E-state index contributed by atoms with van der Waals surface area (Å²) in [6, 6.07) is 22.1. The topological polar surface area (TPSA) is 70.2 Å². The number of hydrogen-bond donors (Lipinski definition) is 0. The number of nitrogens with zero attached hydrogens (tertiary/aromatic N) is 3. The van der Waals surface area contributed by atoms with E-state index in [1.807, 2.05) is 35.2 Å². The lowest BCUT2D eigenvalue weighted by atomic mass is 10.1. The fourth-order valence-electron chi connectivity index (χ4n) is 4.48. The lowest BCUT2D eigenvalue weighted by molar-refractivity contribution is -0.123. The van der Waals surface area contributed by atoms with Crippen molar-refractivity contribution in [1.29, 1.82) is 0 Å². The summed E-state index contributed by atoms with van der Waals surface area (Å²) < 4.78 is 5.32. The van der Waals surface area contributed by atoms with Gasteiger partial charge in [-0.25, -0.2) is 0 Å². The third-order valence-electron chi connectivity index (χ3n) is 6.54. The summed E-state index contributed by atoms with van der Waals surface area (Å²) >= 11 is 6.94. The van der Waals surface area contributed by atoms with Crippen LogP contribution in [0.5, 0.6) is 5.75 Å². The highest BCUT2D eigenvalue weighted by Crippen LogP contribution is 2.33. The van der Waals surface area contributed by atoms with E-state index < -0.39 is 0 Å². The molecule has 2 aliphatic rings. The highest BCUT2D eigenvalue weighted by Gasteiger charge is 2.35. The van der Waals surface area contributed by atoms with Crippen molar-refractivity contribution >= 4 is 52.2 Å². The zero-order valence-corrected chi connectivity index (χ0v) is 22.4. The van der Waals surface area contributed by atoms with Gasteiger partial charge in [-0.2, -0.15) is 0 Å². The van der Waals surface area contributed by atoms with E-state index in [2.05, 4.69) is 4.90 Å². The minimum absolute atomic E-state index is 0.0244. The first-order chi connectivity index (χ1) is 18.4. The van der Waals surface area contributed by atoms with Gasteiger partial charge in [-0.05, 0) is 65.4 Å². The highest BCUT2D eigenvalue weighted by atomic mass is 35.5. The highest BCUT2D eigenvalue weighted by molar-refractivity contribution is 8.18. The van der Waals surface area contributed by atoms with Gasteiger partial charge in [-0.1, -0.05) is 41.9 Å². The first kappa shape index (κ1) is 25.9. The molecule has 0 radical (unpaired) electrons. The molecule has 0 spiro atoms. The Labute approximate surface area is 230 Å². The van der Waals surface area contributed by atoms with Crippen molar-refractivity contribution in [1.82, 2.24) is 9.80 Å². The third kappa shape index (κ3) is 5.71. The van der Waals surface area contributed by atoms with Crippen molar-refractivity contribution in [2.45, 2.75) is 6.54 Å². The van der Waals surface area contributed by atoms with Crippen LogP contribution in [0.3, 0.4) is 0 Å². The SMILES string of the molecule is COc1cccc(N2CCN(C(=O)c3ccc(/C=C4\SC(=O)N(Cc5cccc(Cl)c5)C4=O)cc3)CC2)c1. The Morgan fingerprint density at radius 1 is 0.974 bits per heavy atom. The molecule has 0 unspecified atom stereocenters. The van der Waals surface area contributed by atoms with Crippen LogP contribution in [0.15, 0.2) is 77.7 Å². The molecule has 0 N–H and O–H groups in total. The van der Waals surface area contributed by atoms with Crippen LogP contribution in [0.1, 0.15) is 21.5 Å². The van der Waals surface area contributed by atoms with Crippen molar-refractivity contribution in [2.75, 3.05) is 38.2 Å². The molecule has 0 atom stereocenters. The summed E-state index contributed by atoms with van der Waals surface area (Å²) in [5.41, 5.74) is 3.20. The number of carbonyl (C=O) groups excluding carboxylic acids is 3. The Bertz CT molecular complexity index is 1400. The molecule has 7 nitrogen and oxygen atoms in total. The van der Waals surface area contributed by atoms with Crippen molar-refractivity contribution in [3.8, 4) is 5.75 Å². The number of ether oxygens (including phenoxy) is 1. The molecular weight excluding hydrogens is 522 g/mol. The summed E-state index contributed by atoms with van der Waals surface area (Å²) in [5, 5.41) is 0.236. The number of carbonyl (C=O) groups is 3. The van der Waals surface area contributed by atoms with E-state index in [0.29, 0.717) is 28.6 Å².